The van der Waals surface area contributed by atoms with Gasteiger partial charge in [-0.25, -0.2) is 4.98 Å². The Hall–Kier alpha value is -1.80. The molecule has 16 heavy (non-hydrogen) atoms. The summed E-state index contributed by atoms with van der Waals surface area (Å²) < 4.78 is 2.77. The number of anilines is 1. The van der Waals surface area contributed by atoms with E-state index in [2.05, 4.69) is 20.9 Å². The van der Waals surface area contributed by atoms with Gasteiger partial charge < -0.3 is 10.3 Å². The van der Waals surface area contributed by atoms with Gasteiger partial charge in [-0.3, -0.25) is 0 Å². The van der Waals surface area contributed by atoms with Gasteiger partial charge in [-0.05, 0) is 17.7 Å². The van der Waals surface area contributed by atoms with Gasteiger partial charge in [0.05, 0.1) is 12.9 Å². The first-order valence-electron chi connectivity index (χ1n) is 4.66. The topological polar surface area (TPSA) is 67.6 Å². The largest absolute Gasteiger partial charge is 0.383 e. The normalized spacial score (nSPS) is 10.0. The predicted octanol–water partition coefficient (Wildman–Crippen LogP) is 2.15. The van der Waals surface area contributed by atoms with Crippen molar-refractivity contribution in [3.05, 3.63) is 46.3 Å². The molecule has 0 amide bonds. The van der Waals surface area contributed by atoms with Crippen LogP contribution in [0.1, 0.15) is 11.3 Å². The van der Waals surface area contributed by atoms with Gasteiger partial charge >= 0.3 is 0 Å². The van der Waals surface area contributed by atoms with Crippen LogP contribution in [0.15, 0.2) is 35.1 Å². The van der Waals surface area contributed by atoms with Crippen molar-refractivity contribution >= 4 is 21.7 Å². The van der Waals surface area contributed by atoms with Gasteiger partial charge in [0.1, 0.15) is 11.9 Å². The quantitative estimate of drug-likeness (QED) is 0.914. The summed E-state index contributed by atoms with van der Waals surface area (Å²) in [5.41, 5.74) is 7.14. The van der Waals surface area contributed by atoms with Gasteiger partial charge in [-0.15, -0.1) is 0 Å². The van der Waals surface area contributed by atoms with Crippen molar-refractivity contribution in [3.63, 3.8) is 0 Å². The summed E-state index contributed by atoms with van der Waals surface area (Å²) in [6.07, 6.45) is 1.58. The van der Waals surface area contributed by atoms with E-state index in [-0.39, 0.29) is 5.69 Å². The minimum absolute atomic E-state index is 0.273. The van der Waals surface area contributed by atoms with Gasteiger partial charge in [-0.2, -0.15) is 5.26 Å². The number of benzene rings is 1. The molecule has 0 unspecified atom stereocenters. The molecule has 1 aromatic carbocycles. The molecule has 0 fully saturated rings. The molecule has 2 rings (SSSR count). The summed E-state index contributed by atoms with van der Waals surface area (Å²) in [5, 5.41) is 8.73. The van der Waals surface area contributed by atoms with E-state index in [1.807, 2.05) is 30.3 Å². The lowest BCUT2D eigenvalue weighted by molar-refractivity contribution is 0.807. The van der Waals surface area contributed by atoms with Crippen LogP contribution >= 0.6 is 15.9 Å². The van der Waals surface area contributed by atoms with E-state index in [9.17, 15) is 0 Å². The first kappa shape index (κ1) is 10.7. The summed E-state index contributed by atoms with van der Waals surface area (Å²) in [6.45, 7) is 0.611. The Morgan fingerprint density at radius 2 is 2.31 bits per heavy atom. The molecule has 1 aromatic heterocycles. The highest BCUT2D eigenvalue weighted by atomic mass is 79.9. The van der Waals surface area contributed by atoms with Gasteiger partial charge in [-0.1, -0.05) is 28.1 Å². The van der Waals surface area contributed by atoms with E-state index in [1.165, 1.54) is 0 Å². The number of imidazole rings is 1. The van der Waals surface area contributed by atoms with Crippen LogP contribution in [0.2, 0.25) is 0 Å². The molecule has 0 aliphatic rings. The lowest BCUT2D eigenvalue weighted by atomic mass is 10.2. The van der Waals surface area contributed by atoms with Gasteiger partial charge in [0.2, 0.25) is 0 Å². The SMILES string of the molecule is N#Cc1ncn(Cc2cccc(Br)c2)c1N. The van der Waals surface area contributed by atoms with E-state index >= 15 is 0 Å². The molecule has 0 radical (unpaired) electrons. The van der Waals surface area contributed by atoms with E-state index in [4.69, 9.17) is 11.0 Å². The second-order valence-corrected chi connectivity index (χ2v) is 4.26. The van der Waals surface area contributed by atoms with Crippen LogP contribution in [0.25, 0.3) is 0 Å². The Morgan fingerprint density at radius 3 is 2.94 bits per heavy atom. The Kier molecular flexibility index (Phi) is 2.93. The maximum absolute atomic E-state index is 8.73. The summed E-state index contributed by atoms with van der Waals surface area (Å²) in [5.74, 6) is 0.405. The Labute approximate surface area is 101 Å². The molecule has 4 nitrogen and oxygen atoms in total. The Morgan fingerprint density at radius 1 is 1.50 bits per heavy atom. The molecule has 1 heterocycles. The van der Waals surface area contributed by atoms with Crippen LogP contribution < -0.4 is 5.73 Å². The number of nitrogens with zero attached hydrogens (tertiary/aromatic N) is 3. The van der Waals surface area contributed by atoms with Crippen LogP contribution in [-0.2, 0) is 6.54 Å². The molecule has 0 aliphatic carbocycles. The van der Waals surface area contributed by atoms with Crippen molar-refractivity contribution in [2.75, 3.05) is 5.73 Å². The maximum Gasteiger partial charge on any atom is 0.182 e. The smallest absolute Gasteiger partial charge is 0.182 e. The number of halogens is 1. The van der Waals surface area contributed by atoms with Crippen LogP contribution in [0, 0.1) is 11.3 Å². The Balaban J connectivity index is 2.28. The summed E-state index contributed by atoms with van der Waals surface area (Å²) >= 11 is 3.40. The fourth-order valence-electron chi connectivity index (χ4n) is 1.44. The highest BCUT2D eigenvalue weighted by Gasteiger charge is 2.06. The number of hydrogen-bond donors (Lipinski definition) is 1. The van der Waals surface area contributed by atoms with Crippen molar-refractivity contribution in [1.82, 2.24) is 9.55 Å². The molecule has 0 bridgehead atoms. The molecule has 5 heteroatoms. The third-order valence-corrected chi connectivity index (χ3v) is 2.72. The van der Waals surface area contributed by atoms with E-state index in [1.54, 1.807) is 10.9 Å². The molecule has 2 N–H and O–H groups in total. The highest BCUT2D eigenvalue weighted by molar-refractivity contribution is 9.10. The lowest BCUT2D eigenvalue weighted by Gasteiger charge is -2.05. The van der Waals surface area contributed by atoms with Crippen molar-refractivity contribution in [2.24, 2.45) is 0 Å². The molecule has 2 aromatic rings. The van der Waals surface area contributed by atoms with Crippen LogP contribution in [0.3, 0.4) is 0 Å². The molecular formula is C11H9BrN4. The number of hydrogen-bond acceptors (Lipinski definition) is 3. The molecule has 0 spiro atoms. The van der Waals surface area contributed by atoms with Crippen LogP contribution in [0.5, 0.6) is 0 Å². The molecule has 0 atom stereocenters. The first-order valence-corrected chi connectivity index (χ1v) is 5.45. The standard InChI is InChI=1S/C11H9BrN4/c12-9-3-1-2-8(4-9)6-16-7-15-10(5-13)11(16)14/h1-4,7H,6,14H2. The van der Waals surface area contributed by atoms with Crippen LogP contribution in [-0.4, -0.2) is 9.55 Å². The monoisotopic (exact) mass is 276 g/mol. The van der Waals surface area contributed by atoms with Crippen LogP contribution in [0.4, 0.5) is 5.82 Å². The maximum atomic E-state index is 8.73. The number of aromatic nitrogens is 2. The van der Waals surface area contributed by atoms with Crippen molar-refractivity contribution in [1.29, 1.82) is 5.26 Å². The number of nitriles is 1. The van der Waals surface area contributed by atoms with Crippen molar-refractivity contribution in [2.45, 2.75) is 6.54 Å². The summed E-state index contributed by atoms with van der Waals surface area (Å²) in [4.78, 5) is 3.92. The van der Waals surface area contributed by atoms with Gasteiger partial charge in [0, 0.05) is 4.47 Å². The second kappa shape index (κ2) is 4.37. The first-order chi connectivity index (χ1) is 7.70. The minimum Gasteiger partial charge on any atom is -0.383 e. The summed E-state index contributed by atoms with van der Waals surface area (Å²) in [6, 6.07) is 9.86. The van der Waals surface area contributed by atoms with Gasteiger partial charge in [0.15, 0.2) is 5.69 Å². The minimum atomic E-state index is 0.273. The fourth-order valence-corrected chi connectivity index (χ4v) is 1.88. The average molecular weight is 277 g/mol. The number of rotatable bonds is 2. The van der Waals surface area contributed by atoms with E-state index in [0.29, 0.717) is 12.4 Å². The molecular weight excluding hydrogens is 268 g/mol. The number of nitrogen functional groups attached to an aromatic ring is 1. The van der Waals surface area contributed by atoms with Gasteiger partial charge in [0.25, 0.3) is 0 Å². The van der Waals surface area contributed by atoms with Crippen molar-refractivity contribution in [3.8, 4) is 6.07 Å². The lowest BCUT2D eigenvalue weighted by Crippen LogP contribution is -2.03. The number of nitrogens with two attached hydrogens (primary N) is 1. The summed E-state index contributed by atoms with van der Waals surface area (Å²) in [7, 11) is 0. The molecule has 0 saturated heterocycles. The molecule has 0 saturated carbocycles. The zero-order valence-corrected chi connectivity index (χ0v) is 9.98. The van der Waals surface area contributed by atoms with E-state index < -0.39 is 0 Å². The zero-order chi connectivity index (χ0) is 11.5. The molecule has 80 valence electrons. The Bertz CT molecular complexity index is 553. The average Bonchev–Trinajstić information content (AvgIpc) is 2.60. The third kappa shape index (κ3) is 2.07. The highest BCUT2D eigenvalue weighted by Crippen LogP contribution is 2.15. The van der Waals surface area contributed by atoms with Crippen molar-refractivity contribution < 1.29 is 0 Å². The van der Waals surface area contributed by atoms with E-state index in [0.717, 1.165) is 10.0 Å². The fraction of sp³-hybridized carbons (Fsp3) is 0.0909. The molecule has 0 aliphatic heterocycles. The zero-order valence-electron chi connectivity index (χ0n) is 8.39. The predicted molar refractivity (Wildman–Crippen MR) is 64.6 cm³/mol. The second-order valence-electron chi connectivity index (χ2n) is 3.35. The third-order valence-electron chi connectivity index (χ3n) is 2.23.